The van der Waals surface area contributed by atoms with Crippen LogP contribution < -0.4 is 4.74 Å². The monoisotopic (exact) mass is 335 g/mol. The third-order valence-electron chi connectivity index (χ3n) is 3.87. The number of carboxylic acids is 1. The molecule has 0 unspecified atom stereocenters. The van der Waals surface area contributed by atoms with E-state index in [1.165, 1.54) is 0 Å². The summed E-state index contributed by atoms with van der Waals surface area (Å²) in [5.41, 5.74) is 1.50. The molecule has 0 bridgehead atoms. The standard InChI is InChI=1S/C20H17NO4/c1-21-15(13-19(22)23)10-11-18(21)20(24)14-6-5-9-17(12-14)25-16-7-3-2-4-8-16/h2-12H,13H2,1H3,(H,22,23). The van der Waals surface area contributed by atoms with E-state index >= 15 is 0 Å². The summed E-state index contributed by atoms with van der Waals surface area (Å²) >= 11 is 0. The fraction of sp³-hybridized carbons (Fsp3) is 0.100. The number of aromatic nitrogens is 1. The van der Waals surface area contributed by atoms with E-state index in [0.29, 0.717) is 28.5 Å². The molecule has 0 radical (unpaired) electrons. The van der Waals surface area contributed by atoms with Crippen LogP contribution >= 0.6 is 0 Å². The molecule has 0 saturated heterocycles. The number of carboxylic acid groups (broad SMARTS) is 1. The largest absolute Gasteiger partial charge is 0.481 e. The van der Waals surface area contributed by atoms with Crippen molar-refractivity contribution in [2.45, 2.75) is 6.42 Å². The molecular weight excluding hydrogens is 318 g/mol. The molecule has 5 heteroatoms. The Hall–Kier alpha value is -3.34. The number of aliphatic carboxylic acids is 1. The fourth-order valence-electron chi connectivity index (χ4n) is 2.59. The van der Waals surface area contributed by atoms with Crippen LogP contribution in [-0.4, -0.2) is 21.4 Å². The summed E-state index contributed by atoms with van der Waals surface area (Å²) in [7, 11) is 1.69. The number of nitrogens with zero attached hydrogens (tertiary/aromatic N) is 1. The molecule has 126 valence electrons. The van der Waals surface area contributed by atoms with Crippen LogP contribution in [0.15, 0.2) is 66.7 Å². The maximum Gasteiger partial charge on any atom is 0.309 e. The molecule has 0 aliphatic carbocycles. The summed E-state index contributed by atoms with van der Waals surface area (Å²) in [5, 5.41) is 8.92. The van der Waals surface area contributed by atoms with Crippen molar-refractivity contribution < 1.29 is 19.4 Å². The van der Waals surface area contributed by atoms with E-state index in [4.69, 9.17) is 9.84 Å². The average Bonchev–Trinajstić information content (AvgIpc) is 2.95. The normalized spacial score (nSPS) is 10.4. The van der Waals surface area contributed by atoms with Crippen molar-refractivity contribution in [3.05, 3.63) is 83.7 Å². The van der Waals surface area contributed by atoms with E-state index in [2.05, 4.69) is 0 Å². The molecule has 5 nitrogen and oxygen atoms in total. The van der Waals surface area contributed by atoms with Gasteiger partial charge in [-0.15, -0.1) is 0 Å². The van der Waals surface area contributed by atoms with Crippen molar-refractivity contribution in [2.24, 2.45) is 7.05 Å². The molecule has 0 fully saturated rings. The first kappa shape index (κ1) is 16.5. The maximum atomic E-state index is 12.7. The van der Waals surface area contributed by atoms with Crippen LogP contribution in [0, 0.1) is 0 Å². The van der Waals surface area contributed by atoms with Gasteiger partial charge in [-0.05, 0) is 36.4 Å². The van der Waals surface area contributed by atoms with E-state index in [9.17, 15) is 9.59 Å². The van der Waals surface area contributed by atoms with Gasteiger partial charge in [-0.1, -0.05) is 30.3 Å². The smallest absolute Gasteiger partial charge is 0.309 e. The molecule has 0 aliphatic heterocycles. The minimum atomic E-state index is -0.932. The number of carbonyl (C=O) groups is 2. The van der Waals surface area contributed by atoms with Gasteiger partial charge in [0, 0.05) is 18.3 Å². The third kappa shape index (κ3) is 3.77. The molecule has 0 saturated carbocycles. The first-order valence-electron chi connectivity index (χ1n) is 7.78. The second-order valence-corrected chi connectivity index (χ2v) is 5.61. The number of hydrogen-bond acceptors (Lipinski definition) is 3. The van der Waals surface area contributed by atoms with Gasteiger partial charge in [0.2, 0.25) is 5.78 Å². The molecule has 0 amide bonds. The Morgan fingerprint density at radius 2 is 1.68 bits per heavy atom. The summed E-state index contributed by atoms with van der Waals surface area (Å²) in [5.74, 6) is 0.142. The van der Waals surface area contributed by atoms with E-state index in [1.54, 1.807) is 48.0 Å². The topological polar surface area (TPSA) is 68.5 Å². The van der Waals surface area contributed by atoms with Crippen molar-refractivity contribution >= 4 is 11.8 Å². The lowest BCUT2D eigenvalue weighted by Crippen LogP contribution is -2.11. The van der Waals surface area contributed by atoms with Crippen molar-refractivity contribution in [3.63, 3.8) is 0 Å². The Kier molecular flexibility index (Phi) is 4.66. The predicted molar refractivity (Wildman–Crippen MR) is 93.1 cm³/mol. The van der Waals surface area contributed by atoms with Crippen molar-refractivity contribution in [1.82, 2.24) is 4.57 Å². The van der Waals surface area contributed by atoms with Gasteiger partial charge in [0.25, 0.3) is 0 Å². The van der Waals surface area contributed by atoms with Crippen LogP contribution in [0.25, 0.3) is 0 Å². The molecule has 2 aromatic carbocycles. The highest BCUT2D eigenvalue weighted by atomic mass is 16.5. The first-order valence-corrected chi connectivity index (χ1v) is 7.78. The van der Waals surface area contributed by atoms with Crippen molar-refractivity contribution in [2.75, 3.05) is 0 Å². The summed E-state index contributed by atoms with van der Waals surface area (Å²) in [6, 6.07) is 19.6. The summed E-state index contributed by atoms with van der Waals surface area (Å²) in [6.45, 7) is 0. The number of benzene rings is 2. The number of carbonyl (C=O) groups excluding carboxylic acids is 1. The van der Waals surface area contributed by atoms with Gasteiger partial charge in [0.05, 0.1) is 12.1 Å². The van der Waals surface area contributed by atoms with Crippen molar-refractivity contribution in [3.8, 4) is 11.5 Å². The van der Waals surface area contributed by atoms with Crippen LogP contribution in [-0.2, 0) is 18.3 Å². The number of rotatable bonds is 6. The van der Waals surface area contributed by atoms with E-state index < -0.39 is 5.97 Å². The second kappa shape index (κ2) is 7.05. The van der Waals surface area contributed by atoms with Gasteiger partial charge < -0.3 is 14.4 Å². The van der Waals surface area contributed by atoms with Crippen molar-refractivity contribution in [1.29, 1.82) is 0 Å². The van der Waals surface area contributed by atoms with Gasteiger partial charge in [-0.2, -0.15) is 0 Å². The molecule has 0 atom stereocenters. The lowest BCUT2D eigenvalue weighted by atomic mass is 10.1. The van der Waals surface area contributed by atoms with Gasteiger partial charge in [0.1, 0.15) is 11.5 Å². The third-order valence-corrected chi connectivity index (χ3v) is 3.87. The lowest BCUT2D eigenvalue weighted by molar-refractivity contribution is -0.136. The molecular formula is C20H17NO4. The highest BCUT2D eigenvalue weighted by Gasteiger charge is 2.16. The van der Waals surface area contributed by atoms with Gasteiger partial charge in [0.15, 0.2) is 0 Å². The first-order chi connectivity index (χ1) is 12.0. The Bertz CT molecular complexity index is 912. The molecule has 1 heterocycles. The minimum Gasteiger partial charge on any atom is -0.481 e. The van der Waals surface area contributed by atoms with E-state index in [0.717, 1.165) is 0 Å². The molecule has 1 aromatic heterocycles. The highest BCUT2D eigenvalue weighted by molar-refractivity contribution is 6.08. The Labute approximate surface area is 145 Å². The molecule has 3 aromatic rings. The van der Waals surface area contributed by atoms with Crippen LogP contribution in [0.2, 0.25) is 0 Å². The molecule has 1 N–H and O–H groups in total. The zero-order valence-corrected chi connectivity index (χ0v) is 13.7. The Morgan fingerprint density at radius 1 is 0.960 bits per heavy atom. The SMILES string of the molecule is Cn1c(CC(=O)O)ccc1C(=O)c1cccc(Oc2ccccc2)c1. The number of para-hydroxylation sites is 1. The molecule has 25 heavy (non-hydrogen) atoms. The van der Waals surface area contributed by atoms with Gasteiger partial charge in [-0.25, -0.2) is 0 Å². The number of ether oxygens (including phenoxy) is 1. The molecule has 3 rings (SSSR count). The summed E-state index contributed by atoms with van der Waals surface area (Å²) in [4.78, 5) is 23.6. The predicted octanol–water partition coefficient (Wildman–Crippen LogP) is 3.68. The second-order valence-electron chi connectivity index (χ2n) is 5.61. The average molecular weight is 335 g/mol. The van der Waals surface area contributed by atoms with E-state index in [1.807, 2.05) is 30.3 Å². The fourth-order valence-corrected chi connectivity index (χ4v) is 2.59. The molecule has 0 aliphatic rings. The number of ketones is 1. The van der Waals surface area contributed by atoms with E-state index in [-0.39, 0.29) is 12.2 Å². The molecule has 0 spiro atoms. The maximum absolute atomic E-state index is 12.7. The highest BCUT2D eigenvalue weighted by Crippen LogP contribution is 2.23. The minimum absolute atomic E-state index is 0.124. The lowest BCUT2D eigenvalue weighted by Gasteiger charge is -2.09. The Balaban J connectivity index is 1.84. The summed E-state index contributed by atoms with van der Waals surface area (Å²) < 4.78 is 7.37. The Morgan fingerprint density at radius 3 is 2.40 bits per heavy atom. The van der Waals surface area contributed by atoms with Crippen LogP contribution in [0.4, 0.5) is 0 Å². The van der Waals surface area contributed by atoms with Gasteiger partial charge >= 0.3 is 5.97 Å². The quantitative estimate of drug-likeness (QED) is 0.698. The number of hydrogen-bond donors (Lipinski definition) is 1. The van der Waals surface area contributed by atoms with Crippen LogP contribution in [0.1, 0.15) is 21.7 Å². The zero-order chi connectivity index (χ0) is 17.8. The zero-order valence-electron chi connectivity index (χ0n) is 13.7. The van der Waals surface area contributed by atoms with Crippen LogP contribution in [0.3, 0.4) is 0 Å². The van der Waals surface area contributed by atoms with Crippen LogP contribution in [0.5, 0.6) is 11.5 Å². The van der Waals surface area contributed by atoms with Gasteiger partial charge in [-0.3, -0.25) is 9.59 Å². The summed E-state index contributed by atoms with van der Waals surface area (Å²) in [6.07, 6.45) is -0.124.